The summed E-state index contributed by atoms with van der Waals surface area (Å²) in [5, 5.41) is 6.17. The highest BCUT2D eigenvalue weighted by Crippen LogP contribution is 2.23. The Morgan fingerprint density at radius 1 is 1.12 bits per heavy atom. The zero-order chi connectivity index (χ0) is 24.0. The van der Waals surface area contributed by atoms with E-state index in [1.807, 2.05) is 5.38 Å². The van der Waals surface area contributed by atoms with Crippen molar-refractivity contribution in [1.82, 2.24) is 29.0 Å². The number of carbonyl (C=O) groups is 1. The van der Waals surface area contributed by atoms with Crippen LogP contribution in [0.1, 0.15) is 27.4 Å². The van der Waals surface area contributed by atoms with Crippen LogP contribution in [0.5, 0.6) is 0 Å². The normalized spacial score (nSPS) is 14.8. The van der Waals surface area contributed by atoms with Crippen LogP contribution in [0.25, 0.3) is 10.6 Å². The van der Waals surface area contributed by atoms with Gasteiger partial charge >= 0.3 is 0 Å². The second kappa shape index (κ2) is 8.73. The Balaban J connectivity index is 1.29. The molecule has 1 aliphatic rings. The zero-order valence-corrected chi connectivity index (χ0v) is 19.5. The van der Waals surface area contributed by atoms with Crippen LogP contribution in [0, 0.1) is 25.5 Å². The minimum atomic E-state index is -0.743. The Morgan fingerprint density at radius 3 is 2.62 bits per heavy atom. The molecule has 0 atom stereocenters. The zero-order valence-electron chi connectivity index (χ0n) is 18.7. The third kappa shape index (κ3) is 4.01. The van der Waals surface area contributed by atoms with E-state index < -0.39 is 11.6 Å². The Kier molecular flexibility index (Phi) is 5.74. The van der Waals surface area contributed by atoms with Gasteiger partial charge in [-0.05, 0) is 26.0 Å². The number of hydrogen-bond donors (Lipinski definition) is 0. The van der Waals surface area contributed by atoms with Gasteiger partial charge in [0.2, 0.25) is 0 Å². The topological polar surface area (TPSA) is 75.7 Å². The number of hydrogen-bond acceptors (Lipinski definition) is 6. The Bertz CT molecular complexity index is 1450. The number of piperazine rings is 1. The molecule has 0 radical (unpaired) electrons. The second-order valence-corrected chi connectivity index (χ2v) is 9.14. The molecule has 4 heterocycles. The molecule has 8 nitrogen and oxygen atoms in total. The summed E-state index contributed by atoms with van der Waals surface area (Å²) in [6, 6.07) is 4.82. The van der Waals surface area contributed by atoms with Gasteiger partial charge in [-0.1, -0.05) is 0 Å². The highest BCUT2D eigenvalue weighted by atomic mass is 32.1. The van der Waals surface area contributed by atoms with Gasteiger partial charge in [0, 0.05) is 56.4 Å². The molecule has 0 bridgehead atoms. The van der Waals surface area contributed by atoms with Crippen molar-refractivity contribution < 1.29 is 13.6 Å². The molecule has 1 amide bonds. The van der Waals surface area contributed by atoms with Crippen molar-refractivity contribution in [2.45, 2.75) is 20.4 Å². The largest absolute Gasteiger partial charge is 0.336 e. The van der Waals surface area contributed by atoms with Crippen molar-refractivity contribution >= 4 is 22.2 Å². The molecular weight excluding hydrogens is 462 g/mol. The number of nitrogens with zero attached hydrogens (tertiary/aromatic N) is 6. The first-order valence-corrected chi connectivity index (χ1v) is 11.7. The van der Waals surface area contributed by atoms with Gasteiger partial charge in [0.1, 0.15) is 11.5 Å². The molecule has 5 rings (SSSR count). The number of benzene rings is 1. The molecule has 11 heteroatoms. The molecule has 3 aromatic heterocycles. The fraction of sp³-hybridized carbons (Fsp3) is 0.304. The lowest BCUT2D eigenvalue weighted by Crippen LogP contribution is -2.48. The van der Waals surface area contributed by atoms with Crippen LogP contribution in [-0.4, -0.2) is 61.1 Å². The number of halogens is 2. The maximum absolute atomic E-state index is 14.3. The first kappa shape index (κ1) is 22.4. The standard InChI is InChI=1S/C23H22F2N6O2S/c1-14-21(15(2)31(27-14)19-4-3-16(24)11-18(19)25)22(33)29-7-5-28(6-8-29)13-17-12-20(32)30-9-10-34-23(30)26-17/h3-4,9-12H,5-8,13H2,1-2H3. The lowest BCUT2D eigenvalue weighted by Gasteiger charge is -2.34. The Labute approximate surface area is 197 Å². The van der Waals surface area contributed by atoms with E-state index >= 15 is 0 Å². The highest BCUT2D eigenvalue weighted by molar-refractivity contribution is 7.15. The van der Waals surface area contributed by atoms with Gasteiger partial charge < -0.3 is 4.90 Å². The van der Waals surface area contributed by atoms with E-state index in [2.05, 4.69) is 15.0 Å². The molecule has 0 spiro atoms. The van der Waals surface area contributed by atoms with E-state index in [1.165, 1.54) is 26.5 Å². The van der Waals surface area contributed by atoms with E-state index in [4.69, 9.17) is 0 Å². The minimum Gasteiger partial charge on any atom is -0.336 e. The van der Waals surface area contributed by atoms with Crippen molar-refractivity contribution in [3.63, 3.8) is 0 Å². The van der Waals surface area contributed by atoms with E-state index in [9.17, 15) is 18.4 Å². The average molecular weight is 485 g/mol. The van der Waals surface area contributed by atoms with E-state index in [0.717, 1.165) is 12.1 Å². The molecule has 34 heavy (non-hydrogen) atoms. The fourth-order valence-corrected chi connectivity index (χ4v) is 5.04. The highest BCUT2D eigenvalue weighted by Gasteiger charge is 2.28. The molecule has 0 saturated carbocycles. The number of carbonyl (C=O) groups excluding carboxylic acids is 1. The molecule has 1 aliphatic heterocycles. The number of fused-ring (bicyclic) bond motifs is 1. The van der Waals surface area contributed by atoms with Crippen LogP contribution in [-0.2, 0) is 6.54 Å². The molecule has 1 saturated heterocycles. The van der Waals surface area contributed by atoms with Crippen molar-refractivity contribution in [2.24, 2.45) is 0 Å². The van der Waals surface area contributed by atoms with E-state index in [1.54, 1.807) is 31.0 Å². The van der Waals surface area contributed by atoms with Crippen LogP contribution >= 0.6 is 11.3 Å². The fourth-order valence-electron chi connectivity index (χ4n) is 4.30. The van der Waals surface area contributed by atoms with Gasteiger partial charge in [-0.2, -0.15) is 5.10 Å². The summed E-state index contributed by atoms with van der Waals surface area (Å²) in [6.45, 7) is 6.23. The van der Waals surface area contributed by atoms with Gasteiger partial charge in [-0.3, -0.25) is 18.9 Å². The molecule has 4 aromatic rings. The minimum absolute atomic E-state index is 0.0944. The summed E-state index contributed by atoms with van der Waals surface area (Å²) >= 11 is 1.41. The monoisotopic (exact) mass is 484 g/mol. The lowest BCUT2D eigenvalue weighted by molar-refractivity contribution is 0.0625. The van der Waals surface area contributed by atoms with Crippen molar-refractivity contribution in [3.05, 3.63) is 80.5 Å². The summed E-state index contributed by atoms with van der Waals surface area (Å²) in [5.74, 6) is -1.58. The second-order valence-electron chi connectivity index (χ2n) is 8.26. The molecular formula is C23H22F2N6O2S. The number of aromatic nitrogens is 4. The van der Waals surface area contributed by atoms with Gasteiger partial charge in [-0.25, -0.2) is 18.4 Å². The van der Waals surface area contributed by atoms with Crippen LogP contribution in [0.4, 0.5) is 8.78 Å². The summed E-state index contributed by atoms with van der Waals surface area (Å²) in [6.07, 6.45) is 1.71. The van der Waals surface area contributed by atoms with Gasteiger partial charge in [0.25, 0.3) is 11.5 Å². The molecule has 0 unspecified atom stereocenters. The van der Waals surface area contributed by atoms with Crippen LogP contribution in [0.3, 0.4) is 0 Å². The van der Waals surface area contributed by atoms with E-state index in [-0.39, 0.29) is 17.2 Å². The maximum atomic E-state index is 14.3. The summed E-state index contributed by atoms with van der Waals surface area (Å²) in [7, 11) is 0. The SMILES string of the molecule is Cc1nn(-c2ccc(F)cc2F)c(C)c1C(=O)N1CCN(Cc2cc(=O)n3ccsc3n2)CC1. The smallest absolute Gasteiger partial charge is 0.258 e. The van der Waals surface area contributed by atoms with Gasteiger partial charge in [-0.15, -0.1) is 11.3 Å². The maximum Gasteiger partial charge on any atom is 0.258 e. The number of thiazole rings is 1. The lowest BCUT2D eigenvalue weighted by atomic mass is 10.1. The van der Waals surface area contributed by atoms with Crippen LogP contribution in [0.2, 0.25) is 0 Å². The summed E-state index contributed by atoms with van der Waals surface area (Å²) in [4.78, 5) is 34.6. The third-order valence-corrected chi connectivity index (χ3v) is 6.80. The van der Waals surface area contributed by atoms with Gasteiger partial charge in [0.05, 0.1) is 22.6 Å². The van der Waals surface area contributed by atoms with Crippen LogP contribution < -0.4 is 5.56 Å². The quantitative estimate of drug-likeness (QED) is 0.445. The number of rotatable bonds is 4. The van der Waals surface area contributed by atoms with Crippen molar-refractivity contribution in [1.29, 1.82) is 0 Å². The first-order valence-electron chi connectivity index (χ1n) is 10.8. The molecule has 1 aromatic carbocycles. The predicted octanol–water partition coefficient (Wildman–Crippen LogP) is 2.79. The molecule has 0 N–H and O–H groups in total. The Morgan fingerprint density at radius 2 is 1.88 bits per heavy atom. The summed E-state index contributed by atoms with van der Waals surface area (Å²) in [5.41, 5.74) is 2.12. The van der Waals surface area contributed by atoms with E-state index in [0.29, 0.717) is 60.3 Å². The molecule has 0 aliphatic carbocycles. The average Bonchev–Trinajstić information content (AvgIpc) is 3.38. The van der Waals surface area contributed by atoms with Crippen molar-refractivity contribution in [3.8, 4) is 5.69 Å². The van der Waals surface area contributed by atoms with Crippen LogP contribution in [0.15, 0.2) is 40.6 Å². The summed E-state index contributed by atoms with van der Waals surface area (Å²) < 4.78 is 30.5. The Hall–Kier alpha value is -3.44. The van der Waals surface area contributed by atoms with Gasteiger partial charge in [0.15, 0.2) is 10.8 Å². The molecule has 1 fully saturated rings. The third-order valence-electron chi connectivity index (χ3n) is 6.04. The predicted molar refractivity (Wildman–Crippen MR) is 123 cm³/mol. The number of amides is 1. The first-order chi connectivity index (χ1) is 16.3. The molecule has 176 valence electrons. The number of aryl methyl sites for hydroxylation is 1. The van der Waals surface area contributed by atoms with Crippen molar-refractivity contribution in [2.75, 3.05) is 26.2 Å².